The standard InChI is InChI=1S/C19H29N3O/c1-2-3-4-5-6-7-8-12-19(23)22-16-14-21(15-17-22)18-11-9-10-13-20-18/h8-13H,2-7,14-17H2,1H3/b12-8+. The first-order valence-corrected chi connectivity index (χ1v) is 8.92. The molecule has 1 aliphatic heterocycles. The molecule has 1 aromatic rings. The Morgan fingerprint density at radius 3 is 2.61 bits per heavy atom. The normalized spacial score (nSPS) is 15.3. The minimum atomic E-state index is 0.152. The number of carbonyl (C=O) groups is 1. The number of hydrogen-bond donors (Lipinski definition) is 0. The summed E-state index contributed by atoms with van der Waals surface area (Å²) in [6.45, 7) is 5.49. The molecule has 1 saturated heterocycles. The fourth-order valence-electron chi connectivity index (χ4n) is 2.85. The van der Waals surface area contributed by atoms with Crippen LogP contribution in [0.5, 0.6) is 0 Å². The molecule has 126 valence electrons. The second kappa shape index (κ2) is 10.0. The van der Waals surface area contributed by atoms with Crippen molar-refractivity contribution >= 4 is 11.7 Å². The van der Waals surface area contributed by atoms with Crippen molar-refractivity contribution in [2.45, 2.75) is 45.4 Å². The van der Waals surface area contributed by atoms with E-state index in [2.05, 4.69) is 16.8 Å². The fourth-order valence-corrected chi connectivity index (χ4v) is 2.85. The SMILES string of the molecule is CCCCCCC/C=C/C(=O)N1CCN(c2ccccn2)CC1. The number of allylic oxidation sites excluding steroid dienone is 1. The lowest BCUT2D eigenvalue weighted by molar-refractivity contribution is -0.126. The van der Waals surface area contributed by atoms with E-state index in [0.29, 0.717) is 0 Å². The number of amides is 1. The largest absolute Gasteiger partial charge is 0.353 e. The fraction of sp³-hybridized carbons (Fsp3) is 0.579. The van der Waals surface area contributed by atoms with Gasteiger partial charge >= 0.3 is 0 Å². The topological polar surface area (TPSA) is 36.4 Å². The molecule has 0 saturated carbocycles. The van der Waals surface area contributed by atoms with Gasteiger partial charge in [-0.3, -0.25) is 4.79 Å². The van der Waals surface area contributed by atoms with E-state index in [-0.39, 0.29) is 5.91 Å². The van der Waals surface area contributed by atoms with Gasteiger partial charge in [-0.1, -0.05) is 44.7 Å². The first kappa shape index (κ1) is 17.5. The van der Waals surface area contributed by atoms with Crippen molar-refractivity contribution < 1.29 is 4.79 Å². The Morgan fingerprint density at radius 2 is 1.91 bits per heavy atom. The highest BCUT2D eigenvalue weighted by Crippen LogP contribution is 2.13. The summed E-state index contributed by atoms with van der Waals surface area (Å²) in [6.07, 6.45) is 13.0. The van der Waals surface area contributed by atoms with Crippen LogP contribution in [0.25, 0.3) is 0 Å². The molecule has 1 amide bonds. The van der Waals surface area contributed by atoms with Gasteiger partial charge in [-0.05, 0) is 31.1 Å². The molecule has 0 atom stereocenters. The Bertz CT molecular complexity index is 479. The van der Waals surface area contributed by atoms with Crippen molar-refractivity contribution in [1.29, 1.82) is 0 Å². The highest BCUT2D eigenvalue weighted by Gasteiger charge is 2.20. The third-order valence-corrected chi connectivity index (χ3v) is 4.30. The highest BCUT2D eigenvalue weighted by atomic mass is 16.2. The number of carbonyl (C=O) groups excluding carboxylic acids is 1. The molecule has 2 heterocycles. The summed E-state index contributed by atoms with van der Waals surface area (Å²) in [7, 11) is 0. The summed E-state index contributed by atoms with van der Waals surface area (Å²) in [4.78, 5) is 20.7. The lowest BCUT2D eigenvalue weighted by Gasteiger charge is -2.34. The van der Waals surface area contributed by atoms with Gasteiger partial charge in [0.1, 0.15) is 5.82 Å². The molecule has 0 aliphatic carbocycles. The number of hydrogen-bond acceptors (Lipinski definition) is 3. The van der Waals surface area contributed by atoms with Gasteiger partial charge in [0, 0.05) is 32.4 Å². The number of unbranched alkanes of at least 4 members (excludes halogenated alkanes) is 5. The van der Waals surface area contributed by atoms with Crippen LogP contribution in [-0.4, -0.2) is 42.0 Å². The van der Waals surface area contributed by atoms with Crippen molar-refractivity contribution in [2.75, 3.05) is 31.1 Å². The summed E-state index contributed by atoms with van der Waals surface area (Å²) in [5.41, 5.74) is 0. The monoisotopic (exact) mass is 315 g/mol. The zero-order chi connectivity index (χ0) is 16.3. The second-order valence-corrected chi connectivity index (χ2v) is 6.11. The molecule has 2 rings (SSSR count). The van der Waals surface area contributed by atoms with Crippen molar-refractivity contribution in [3.05, 3.63) is 36.5 Å². The molecule has 0 spiro atoms. The Balaban J connectivity index is 1.65. The maximum absolute atomic E-state index is 12.2. The van der Waals surface area contributed by atoms with Crippen LogP contribution >= 0.6 is 0 Å². The van der Waals surface area contributed by atoms with Crippen molar-refractivity contribution in [3.8, 4) is 0 Å². The summed E-state index contributed by atoms with van der Waals surface area (Å²) >= 11 is 0. The van der Waals surface area contributed by atoms with Crippen LogP contribution in [0.1, 0.15) is 45.4 Å². The van der Waals surface area contributed by atoms with Crippen molar-refractivity contribution in [3.63, 3.8) is 0 Å². The van der Waals surface area contributed by atoms with E-state index in [9.17, 15) is 4.79 Å². The quantitative estimate of drug-likeness (QED) is 0.543. The Labute approximate surface area is 140 Å². The summed E-state index contributed by atoms with van der Waals surface area (Å²) in [5, 5.41) is 0. The van der Waals surface area contributed by atoms with E-state index in [4.69, 9.17) is 0 Å². The molecule has 23 heavy (non-hydrogen) atoms. The van der Waals surface area contributed by atoms with E-state index in [1.54, 1.807) is 6.08 Å². The number of aromatic nitrogens is 1. The van der Waals surface area contributed by atoms with E-state index in [0.717, 1.165) is 38.4 Å². The van der Waals surface area contributed by atoms with E-state index >= 15 is 0 Å². The van der Waals surface area contributed by atoms with Gasteiger partial charge in [-0.25, -0.2) is 4.98 Å². The third kappa shape index (κ3) is 6.05. The predicted octanol–water partition coefficient (Wildman–Crippen LogP) is 3.65. The average molecular weight is 315 g/mol. The van der Waals surface area contributed by atoms with Gasteiger partial charge in [-0.15, -0.1) is 0 Å². The van der Waals surface area contributed by atoms with Crippen LogP contribution in [0.2, 0.25) is 0 Å². The van der Waals surface area contributed by atoms with Gasteiger partial charge in [0.05, 0.1) is 0 Å². The van der Waals surface area contributed by atoms with Crippen molar-refractivity contribution in [1.82, 2.24) is 9.88 Å². The first-order valence-electron chi connectivity index (χ1n) is 8.92. The van der Waals surface area contributed by atoms with Crippen molar-refractivity contribution in [2.24, 2.45) is 0 Å². The highest BCUT2D eigenvalue weighted by molar-refractivity contribution is 5.87. The molecule has 1 aromatic heterocycles. The Hall–Kier alpha value is -1.84. The number of piperazine rings is 1. The molecule has 0 unspecified atom stereocenters. The predicted molar refractivity (Wildman–Crippen MR) is 95.5 cm³/mol. The van der Waals surface area contributed by atoms with Crippen LogP contribution in [0.15, 0.2) is 36.5 Å². The molecular weight excluding hydrogens is 286 g/mol. The zero-order valence-electron chi connectivity index (χ0n) is 14.3. The van der Waals surface area contributed by atoms with Crippen LogP contribution in [-0.2, 0) is 4.79 Å². The molecule has 1 fully saturated rings. The second-order valence-electron chi connectivity index (χ2n) is 6.11. The van der Waals surface area contributed by atoms with Gasteiger partial charge in [0.15, 0.2) is 0 Å². The van der Waals surface area contributed by atoms with E-state index in [1.165, 1.54) is 32.1 Å². The Morgan fingerprint density at radius 1 is 1.13 bits per heavy atom. The van der Waals surface area contributed by atoms with Crippen LogP contribution in [0.3, 0.4) is 0 Å². The van der Waals surface area contributed by atoms with Gasteiger partial charge < -0.3 is 9.80 Å². The zero-order valence-corrected chi connectivity index (χ0v) is 14.3. The lowest BCUT2D eigenvalue weighted by atomic mass is 10.1. The minimum Gasteiger partial charge on any atom is -0.353 e. The summed E-state index contributed by atoms with van der Waals surface area (Å²) in [6, 6.07) is 5.95. The van der Waals surface area contributed by atoms with Crippen LogP contribution < -0.4 is 4.90 Å². The number of rotatable bonds is 8. The molecule has 0 bridgehead atoms. The van der Waals surface area contributed by atoms with Crippen LogP contribution in [0, 0.1) is 0 Å². The molecule has 4 nitrogen and oxygen atoms in total. The minimum absolute atomic E-state index is 0.152. The molecule has 1 aliphatic rings. The van der Waals surface area contributed by atoms with Crippen LogP contribution in [0.4, 0.5) is 5.82 Å². The maximum Gasteiger partial charge on any atom is 0.246 e. The first-order chi connectivity index (χ1) is 11.3. The number of pyridine rings is 1. The van der Waals surface area contributed by atoms with Gasteiger partial charge in [0.2, 0.25) is 5.91 Å². The van der Waals surface area contributed by atoms with Gasteiger partial charge in [-0.2, -0.15) is 0 Å². The maximum atomic E-state index is 12.2. The average Bonchev–Trinajstić information content (AvgIpc) is 2.61. The molecule has 4 heteroatoms. The summed E-state index contributed by atoms with van der Waals surface area (Å²) < 4.78 is 0. The molecule has 0 radical (unpaired) electrons. The Kier molecular flexibility index (Phi) is 7.64. The number of nitrogens with zero attached hydrogens (tertiary/aromatic N) is 3. The van der Waals surface area contributed by atoms with E-state index < -0.39 is 0 Å². The molecule has 0 N–H and O–H groups in total. The summed E-state index contributed by atoms with van der Waals surface area (Å²) in [5.74, 6) is 1.15. The molecule has 0 aromatic carbocycles. The molecular formula is C19H29N3O. The lowest BCUT2D eigenvalue weighted by Crippen LogP contribution is -2.48. The van der Waals surface area contributed by atoms with E-state index in [1.807, 2.05) is 35.4 Å². The number of anilines is 1. The van der Waals surface area contributed by atoms with Gasteiger partial charge in [0.25, 0.3) is 0 Å². The third-order valence-electron chi connectivity index (χ3n) is 4.30. The smallest absolute Gasteiger partial charge is 0.246 e.